The second kappa shape index (κ2) is 6.75. The van der Waals surface area contributed by atoms with Crippen LogP contribution < -0.4 is 4.90 Å². The quantitative estimate of drug-likeness (QED) is 0.810. The number of carbonyl (C=O) groups excluding carboxylic acids is 1. The molecule has 2 aromatic carbocycles. The summed E-state index contributed by atoms with van der Waals surface area (Å²) in [6.45, 7) is 6.51. The lowest BCUT2D eigenvalue weighted by atomic mass is 10.1. The van der Waals surface area contributed by atoms with Crippen LogP contribution in [-0.4, -0.2) is 43.4 Å². The Labute approximate surface area is 132 Å². The number of nitrogens with zero attached hydrogens (tertiary/aromatic N) is 2. The Bertz CT molecular complexity index is 631. The van der Waals surface area contributed by atoms with Gasteiger partial charge in [-0.25, -0.2) is 0 Å². The van der Waals surface area contributed by atoms with E-state index in [1.807, 2.05) is 30.3 Å². The summed E-state index contributed by atoms with van der Waals surface area (Å²) in [5.74, 6) is 0.213. The largest absolute Gasteiger partial charge is 0.369 e. The van der Waals surface area contributed by atoms with E-state index in [1.54, 1.807) is 0 Å². The van der Waals surface area contributed by atoms with E-state index in [9.17, 15) is 4.79 Å². The van der Waals surface area contributed by atoms with Crippen molar-refractivity contribution in [3.05, 3.63) is 65.7 Å². The van der Waals surface area contributed by atoms with Crippen molar-refractivity contribution in [3.8, 4) is 0 Å². The molecule has 1 aliphatic rings. The van der Waals surface area contributed by atoms with Gasteiger partial charge in [-0.05, 0) is 18.6 Å². The third-order valence-corrected chi connectivity index (χ3v) is 4.29. The zero-order valence-electron chi connectivity index (χ0n) is 13.0. The van der Waals surface area contributed by atoms with E-state index in [0.29, 0.717) is 6.54 Å². The fraction of sp³-hybridized carbons (Fsp3) is 0.316. The Morgan fingerprint density at radius 3 is 2.23 bits per heavy atom. The van der Waals surface area contributed by atoms with Crippen molar-refractivity contribution >= 4 is 11.5 Å². The van der Waals surface area contributed by atoms with Gasteiger partial charge < -0.3 is 4.90 Å². The van der Waals surface area contributed by atoms with Crippen LogP contribution in [0.15, 0.2) is 54.6 Å². The van der Waals surface area contributed by atoms with Gasteiger partial charge in [-0.15, -0.1) is 0 Å². The van der Waals surface area contributed by atoms with Crippen molar-refractivity contribution in [2.45, 2.75) is 6.92 Å². The lowest BCUT2D eigenvalue weighted by Gasteiger charge is -2.36. The normalized spacial score (nSPS) is 15.8. The SMILES string of the molecule is Cc1ccccc1N1CCN(CC(=O)c2ccccc2)CC1. The predicted molar refractivity (Wildman–Crippen MR) is 90.6 cm³/mol. The molecule has 114 valence electrons. The minimum absolute atomic E-state index is 0.213. The molecule has 1 heterocycles. The molecule has 0 bridgehead atoms. The van der Waals surface area contributed by atoms with Crippen LogP contribution >= 0.6 is 0 Å². The third kappa shape index (κ3) is 3.37. The van der Waals surface area contributed by atoms with Crippen LogP contribution in [0.5, 0.6) is 0 Å². The van der Waals surface area contributed by atoms with E-state index in [4.69, 9.17) is 0 Å². The van der Waals surface area contributed by atoms with Gasteiger partial charge in [-0.3, -0.25) is 9.69 Å². The molecule has 0 spiro atoms. The lowest BCUT2D eigenvalue weighted by molar-refractivity contribution is 0.0926. The van der Waals surface area contributed by atoms with Gasteiger partial charge in [0.1, 0.15) is 0 Å². The molecule has 0 aromatic heterocycles. The predicted octanol–water partition coefficient (Wildman–Crippen LogP) is 3.00. The fourth-order valence-electron chi connectivity index (χ4n) is 2.98. The summed E-state index contributed by atoms with van der Waals surface area (Å²) in [5.41, 5.74) is 3.44. The minimum Gasteiger partial charge on any atom is -0.369 e. The number of ketones is 1. The van der Waals surface area contributed by atoms with E-state index < -0.39 is 0 Å². The highest BCUT2D eigenvalue weighted by Crippen LogP contribution is 2.20. The molecule has 3 rings (SSSR count). The van der Waals surface area contributed by atoms with E-state index in [-0.39, 0.29) is 5.78 Å². The Kier molecular flexibility index (Phi) is 4.54. The van der Waals surface area contributed by atoms with Crippen molar-refractivity contribution < 1.29 is 4.79 Å². The number of Topliss-reactive ketones (excluding diaryl/α,β-unsaturated/α-hetero) is 1. The van der Waals surface area contributed by atoms with Gasteiger partial charge in [0.25, 0.3) is 0 Å². The molecule has 0 amide bonds. The maximum Gasteiger partial charge on any atom is 0.176 e. The molecule has 0 N–H and O–H groups in total. The summed E-state index contributed by atoms with van der Waals surface area (Å²) >= 11 is 0. The van der Waals surface area contributed by atoms with Crippen LogP contribution in [0, 0.1) is 6.92 Å². The van der Waals surface area contributed by atoms with Gasteiger partial charge in [0, 0.05) is 37.4 Å². The molecule has 1 aliphatic heterocycles. The van der Waals surface area contributed by atoms with Crippen LogP contribution in [0.4, 0.5) is 5.69 Å². The van der Waals surface area contributed by atoms with Crippen molar-refractivity contribution in [1.29, 1.82) is 0 Å². The first-order valence-electron chi connectivity index (χ1n) is 7.85. The second-order valence-corrected chi connectivity index (χ2v) is 5.84. The molecule has 0 unspecified atom stereocenters. The minimum atomic E-state index is 0.213. The van der Waals surface area contributed by atoms with Gasteiger partial charge in [-0.1, -0.05) is 48.5 Å². The van der Waals surface area contributed by atoms with Crippen LogP contribution in [0.25, 0.3) is 0 Å². The van der Waals surface area contributed by atoms with Crippen molar-refractivity contribution in [3.63, 3.8) is 0 Å². The molecule has 0 saturated carbocycles. The molecule has 3 heteroatoms. The van der Waals surface area contributed by atoms with Gasteiger partial charge in [0.2, 0.25) is 0 Å². The zero-order chi connectivity index (χ0) is 15.4. The highest BCUT2D eigenvalue weighted by Gasteiger charge is 2.20. The Hall–Kier alpha value is -2.13. The van der Waals surface area contributed by atoms with Gasteiger partial charge in [0.15, 0.2) is 5.78 Å². The van der Waals surface area contributed by atoms with Gasteiger partial charge >= 0.3 is 0 Å². The summed E-state index contributed by atoms with van der Waals surface area (Å²) < 4.78 is 0. The second-order valence-electron chi connectivity index (χ2n) is 5.84. The number of benzene rings is 2. The molecule has 0 aliphatic carbocycles. The monoisotopic (exact) mass is 294 g/mol. The van der Waals surface area contributed by atoms with Crippen LogP contribution in [0.1, 0.15) is 15.9 Å². The third-order valence-electron chi connectivity index (χ3n) is 4.29. The summed E-state index contributed by atoms with van der Waals surface area (Å²) in [7, 11) is 0. The molecule has 22 heavy (non-hydrogen) atoms. The molecule has 1 fully saturated rings. The number of carbonyl (C=O) groups is 1. The number of piperazine rings is 1. The van der Waals surface area contributed by atoms with Crippen LogP contribution in [0.3, 0.4) is 0 Å². The molecule has 3 nitrogen and oxygen atoms in total. The number of para-hydroxylation sites is 1. The zero-order valence-corrected chi connectivity index (χ0v) is 13.0. The van der Waals surface area contributed by atoms with Crippen molar-refractivity contribution in [2.24, 2.45) is 0 Å². The van der Waals surface area contributed by atoms with E-state index >= 15 is 0 Å². The highest BCUT2D eigenvalue weighted by molar-refractivity contribution is 5.97. The number of aryl methyl sites for hydroxylation is 1. The average molecular weight is 294 g/mol. The standard InChI is InChI=1S/C19H22N2O/c1-16-7-5-6-10-18(16)21-13-11-20(12-14-21)15-19(22)17-8-3-2-4-9-17/h2-10H,11-15H2,1H3. The molecular formula is C19H22N2O. The Morgan fingerprint density at radius 1 is 0.909 bits per heavy atom. The number of hydrogen-bond donors (Lipinski definition) is 0. The topological polar surface area (TPSA) is 23.6 Å². The number of rotatable bonds is 4. The molecule has 0 radical (unpaired) electrons. The van der Waals surface area contributed by atoms with Gasteiger partial charge in [-0.2, -0.15) is 0 Å². The summed E-state index contributed by atoms with van der Waals surface area (Å²) in [5, 5.41) is 0. The highest BCUT2D eigenvalue weighted by atomic mass is 16.1. The van der Waals surface area contributed by atoms with Crippen molar-refractivity contribution in [1.82, 2.24) is 4.90 Å². The van der Waals surface area contributed by atoms with Crippen LogP contribution in [-0.2, 0) is 0 Å². The first-order chi connectivity index (χ1) is 10.7. The van der Waals surface area contributed by atoms with E-state index in [2.05, 4.69) is 41.0 Å². The van der Waals surface area contributed by atoms with Gasteiger partial charge in [0.05, 0.1) is 6.54 Å². The molecule has 2 aromatic rings. The van der Waals surface area contributed by atoms with Crippen molar-refractivity contribution in [2.75, 3.05) is 37.6 Å². The summed E-state index contributed by atoms with van der Waals surface area (Å²) in [6.07, 6.45) is 0. The first-order valence-corrected chi connectivity index (χ1v) is 7.85. The lowest BCUT2D eigenvalue weighted by Crippen LogP contribution is -2.48. The number of hydrogen-bond acceptors (Lipinski definition) is 3. The fourth-order valence-corrected chi connectivity index (χ4v) is 2.98. The first kappa shape index (κ1) is 14.8. The Morgan fingerprint density at radius 2 is 1.55 bits per heavy atom. The smallest absolute Gasteiger partial charge is 0.176 e. The van der Waals surface area contributed by atoms with E-state index in [1.165, 1.54) is 11.3 Å². The molecule has 0 atom stereocenters. The van der Waals surface area contributed by atoms with E-state index in [0.717, 1.165) is 31.7 Å². The Balaban J connectivity index is 1.56. The number of anilines is 1. The maximum absolute atomic E-state index is 12.3. The summed E-state index contributed by atoms with van der Waals surface area (Å²) in [6, 6.07) is 18.1. The summed E-state index contributed by atoms with van der Waals surface area (Å²) in [4.78, 5) is 16.9. The molecule has 1 saturated heterocycles. The maximum atomic E-state index is 12.3. The van der Waals surface area contributed by atoms with Crippen LogP contribution in [0.2, 0.25) is 0 Å². The molecular weight excluding hydrogens is 272 g/mol. The average Bonchev–Trinajstić information content (AvgIpc) is 2.57.